The molecule has 8 nitrogen and oxygen atoms in total. The zero-order chi connectivity index (χ0) is 19.3. The summed E-state index contributed by atoms with van der Waals surface area (Å²) in [5.41, 5.74) is 0.704. The van der Waals surface area contributed by atoms with Crippen LogP contribution in [0.25, 0.3) is 0 Å². The number of halogens is 1. The number of non-ortho nitro benzene ring substituents is 1. The van der Waals surface area contributed by atoms with Crippen molar-refractivity contribution in [2.45, 2.75) is 0 Å². The Labute approximate surface area is 154 Å². The Balaban J connectivity index is 2.06. The molecule has 0 aromatic heterocycles. The second-order valence-corrected chi connectivity index (χ2v) is 5.92. The number of ether oxygens (including phenoxy) is 1. The smallest absolute Gasteiger partial charge is 0.341 e. The third-order valence-electron chi connectivity index (χ3n) is 3.36. The van der Waals surface area contributed by atoms with Crippen LogP contribution in [0, 0.1) is 10.1 Å². The van der Waals surface area contributed by atoms with Crippen molar-refractivity contribution in [2.24, 2.45) is 0 Å². The monoisotopic (exact) mass is 377 g/mol. The summed E-state index contributed by atoms with van der Waals surface area (Å²) in [5, 5.41) is 14.0. The Morgan fingerprint density at radius 2 is 1.85 bits per heavy atom. The van der Waals surface area contributed by atoms with Crippen LogP contribution in [0.3, 0.4) is 0 Å². The summed E-state index contributed by atoms with van der Waals surface area (Å²) in [4.78, 5) is 36.1. The average molecular weight is 378 g/mol. The number of rotatable bonds is 6. The lowest BCUT2D eigenvalue weighted by atomic mass is 10.1. The van der Waals surface area contributed by atoms with Crippen molar-refractivity contribution in [1.82, 2.24) is 0 Å². The lowest BCUT2D eigenvalue weighted by Crippen LogP contribution is -2.22. The van der Waals surface area contributed by atoms with E-state index in [9.17, 15) is 19.7 Å². The molecule has 2 aromatic rings. The van der Waals surface area contributed by atoms with Gasteiger partial charge >= 0.3 is 5.97 Å². The summed E-state index contributed by atoms with van der Waals surface area (Å²) in [6.07, 6.45) is 0. The minimum absolute atomic E-state index is 0.00323. The Morgan fingerprint density at radius 3 is 2.42 bits per heavy atom. The SMILES string of the molecule is CN(C)c1ccc([N+](=O)[O-])cc1C(=O)OCC(=O)Nc1ccc(Cl)cc1. The Kier molecular flexibility index (Phi) is 6.13. The van der Waals surface area contributed by atoms with Gasteiger partial charge in [-0.2, -0.15) is 0 Å². The molecule has 0 spiro atoms. The van der Waals surface area contributed by atoms with Gasteiger partial charge in [0.1, 0.15) is 0 Å². The van der Waals surface area contributed by atoms with Gasteiger partial charge in [0.2, 0.25) is 0 Å². The van der Waals surface area contributed by atoms with Crippen molar-refractivity contribution >= 4 is 40.5 Å². The average Bonchev–Trinajstić information content (AvgIpc) is 2.61. The van der Waals surface area contributed by atoms with Gasteiger partial charge in [-0.25, -0.2) is 4.79 Å². The van der Waals surface area contributed by atoms with Gasteiger partial charge in [-0.3, -0.25) is 14.9 Å². The van der Waals surface area contributed by atoms with Gasteiger partial charge in [0.15, 0.2) is 6.61 Å². The maximum absolute atomic E-state index is 12.3. The fraction of sp³-hybridized carbons (Fsp3) is 0.176. The van der Waals surface area contributed by atoms with Crippen LogP contribution in [0.1, 0.15) is 10.4 Å². The number of amides is 1. The molecule has 0 heterocycles. The van der Waals surface area contributed by atoms with Crippen molar-refractivity contribution in [1.29, 1.82) is 0 Å². The summed E-state index contributed by atoms with van der Waals surface area (Å²) < 4.78 is 4.99. The van der Waals surface area contributed by atoms with Crippen LogP contribution in [-0.2, 0) is 9.53 Å². The van der Waals surface area contributed by atoms with Gasteiger partial charge in [0, 0.05) is 36.9 Å². The van der Waals surface area contributed by atoms with Crippen LogP contribution >= 0.6 is 11.6 Å². The summed E-state index contributed by atoms with van der Waals surface area (Å²) in [5.74, 6) is -1.37. The highest BCUT2D eigenvalue weighted by Crippen LogP contribution is 2.25. The van der Waals surface area contributed by atoms with Gasteiger partial charge in [-0.05, 0) is 30.3 Å². The van der Waals surface area contributed by atoms with E-state index in [1.807, 2.05) is 0 Å². The minimum atomic E-state index is -0.830. The van der Waals surface area contributed by atoms with E-state index in [0.29, 0.717) is 16.4 Å². The number of benzene rings is 2. The minimum Gasteiger partial charge on any atom is -0.452 e. The normalized spacial score (nSPS) is 10.1. The number of hydrogen-bond acceptors (Lipinski definition) is 6. The van der Waals surface area contributed by atoms with Crippen molar-refractivity contribution in [3.05, 3.63) is 63.2 Å². The lowest BCUT2D eigenvalue weighted by Gasteiger charge is -2.16. The maximum atomic E-state index is 12.3. The van der Waals surface area contributed by atoms with Gasteiger partial charge in [-0.1, -0.05) is 11.6 Å². The van der Waals surface area contributed by atoms with E-state index in [1.165, 1.54) is 12.1 Å². The first-order chi connectivity index (χ1) is 12.3. The van der Waals surface area contributed by atoms with E-state index in [1.54, 1.807) is 43.3 Å². The molecule has 1 amide bonds. The number of nitro benzene ring substituents is 1. The van der Waals surface area contributed by atoms with Crippen LogP contribution in [0.2, 0.25) is 5.02 Å². The second kappa shape index (κ2) is 8.30. The summed E-state index contributed by atoms with van der Waals surface area (Å²) >= 11 is 5.76. The van der Waals surface area contributed by atoms with Crippen LogP contribution in [0.5, 0.6) is 0 Å². The lowest BCUT2D eigenvalue weighted by molar-refractivity contribution is -0.384. The fourth-order valence-corrected chi connectivity index (χ4v) is 2.26. The van der Waals surface area contributed by atoms with Crippen molar-refractivity contribution in [3.8, 4) is 0 Å². The molecule has 2 rings (SSSR count). The first-order valence-electron chi connectivity index (χ1n) is 7.46. The molecular weight excluding hydrogens is 362 g/mol. The van der Waals surface area contributed by atoms with E-state index in [4.69, 9.17) is 16.3 Å². The Hall–Kier alpha value is -3.13. The standard InChI is InChI=1S/C17H16ClN3O5/c1-20(2)15-8-7-13(21(24)25)9-14(15)17(23)26-10-16(22)19-12-5-3-11(18)4-6-12/h3-9H,10H2,1-2H3,(H,19,22). The van der Waals surface area contributed by atoms with E-state index in [2.05, 4.69) is 5.32 Å². The molecule has 0 bridgehead atoms. The molecule has 0 aliphatic carbocycles. The summed E-state index contributed by atoms with van der Waals surface area (Å²) in [6.45, 7) is -0.531. The maximum Gasteiger partial charge on any atom is 0.341 e. The van der Waals surface area contributed by atoms with E-state index in [-0.39, 0.29) is 11.3 Å². The molecule has 136 valence electrons. The third-order valence-corrected chi connectivity index (χ3v) is 3.61. The first kappa shape index (κ1) is 19.2. The van der Waals surface area contributed by atoms with Gasteiger partial charge in [-0.15, -0.1) is 0 Å². The largest absolute Gasteiger partial charge is 0.452 e. The fourth-order valence-electron chi connectivity index (χ4n) is 2.13. The van der Waals surface area contributed by atoms with Crippen molar-refractivity contribution in [3.63, 3.8) is 0 Å². The van der Waals surface area contributed by atoms with Crippen molar-refractivity contribution in [2.75, 3.05) is 30.9 Å². The third kappa shape index (κ3) is 4.93. The van der Waals surface area contributed by atoms with Gasteiger partial charge in [0.25, 0.3) is 11.6 Å². The van der Waals surface area contributed by atoms with E-state index >= 15 is 0 Å². The Bertz CT molecular complexity index is 837. The number of nitrogens with zero attached hydrogens (tertiary/aromatic N) is 2. The molecule has 0 atom stereocenters. The zero-order valence-corrected chi connectivity index (χ0v) is 14.8. The van der Waals surface area contributed by atoms with E-state index < -0.39 is 23.4 Å². The molecule has 9 heteroatoms. The number of carbonyl (C=O) groups is 2. The predicted octanol–water partition coefficient (Wildman–Crippen LogP) is 3.11. The molecule has 0 aliphatic rings. The molecule has 1 N–H and O–H groups in total. The van der Waals surface area contributed by atoms with Crippen LogP contribution in [0.15, 0.2) is 42.5 Å². The topological polar surface area (TPSA) is 102 Å². The molecule has 2 aromatic carbocycles. The molecular formula is C17H16ClN3O5. The first-order valence-corrected chi connectivity index (χ1v) is 7.84. The number of nitro groups is 1. The van der Waals surface area contributed by atoms with Crippen molar-refractivity contribution < 1.29 is 19.2 Å². The predicted molar refractivity (Wildman–Crippen MR) is 97.8 cm³/mol. The molecule has 26 heavy (non-hydrogen) atoms. The van der Waals surface area contributed by atoms with Gasteiger partial charge < -0.3 is 15.0 Å². The molecule has 0 saturated carbocycles. The van der Waals surface area contributed by atoms with Gasteiger partial charge in [0.05, 0.1) is 16.2 Å². The molecule has 0 aliphatic heterocycles. The molecule has 0 saturated heterocycles. The highest BCUT2D eigenvalue weighted by Gasteiger charge is 2.20. The number of carbonyl (C=O) groups excluding carboxylic acids is 2. The number of nitrogens with one attached hydrogen (secondary N) is 1. The molecule has 0 unspecified atom stereocenters. The second-order valence-electron chi connectivity index (χ2n) is 5.48. The summed E-state index contributed by atoms with van der Waals surface area (Å²) in [7, 11) is 3.37. The zero-order valence-electron chi connectivity index (χ0n) is 14.1. The molecule has 0 fully saturated rings. The highest BCUT2D eigenvalue weighted by molar-refractivity contribution is 6.30. The number of esters is 1. The van der Waals surface area contributed by atoms with E-state index in [0.717, 1.165) is 6.07 Å². The highest BCUT2D eigenvalue weighted by atomic mass is 35.5. The summed E-state index contributed by atoms with van der Waals surface area (Å²) in [6, 6.07) is 10.3. The Morgan fingerprint density at radius 1 is 1.19 bits per heavy atom. The number of hydrogen-bond donors (Lipinski definition) is 1. The number of anilines is 2. The quantitative estimate of drug-likeness (QED) is 0.471. The van der Waals surface area contributed by atoms with Crippen LogP contribution in [-0.4, -0.2) is 37.5 Å². The van der Waals surface area contributed by atoms with Crippen LogP contribution in [0.4, 0.5) is 17.1 Å². The van der Waals surface area contributed by atoms with Crippen LogP contribution < -0.4 is 10.2 Å². The molecule has 0 radical (unpaired) electrons.